The van der Waals surface area contributed by atoms with Crippen LogP contribution in [0.15, 0.2) is 75.1 Å². The van der Waals surface area contributed by atoms with E-state index in [4.69, 9.17) is 8.92 Å². The maximum Gasteiger partial charge on any atom is 0.416 e. The van der Waals surface area contributed by atoms with Crippen LogP contribution in [-0.4, -0.2) is 32.6 Å². The Balaban J connectivity index is 1.72. The second-order valence-electron chi connectivity index (χ2n) is 7.49. The summed E-state index contributed by atoms with van der Waals surface area (Å²) in [7, 11) is -3.13. The van der Waals surface area contributed by atoms with Crippen molar-refractivity contribution >= 4 is 43.9 Å². The molecule has 3 rings (SSSR count). The van der Waals surface area contributed by atoms with E-state index < -0.39 is 32.7 Å². The zero-order valence-corrected chi connectivity index (χ0v) is 21.6. The molecule has 0 aliphatic carbocycles. The number of methoxy groups -OCH3 is 1. The van der Waals surface area contributed by atoms with Crippen molar-refractivity contribution in [3.63, 3.8) is 0 Å². The molecule has 0 atom stereocenters. The average molecular weight is 616 g/mol. The van der Waals surface area contributed by atoms with E-state index in [1.165, 1.54) is 37.6 Å². The SMILES string of the molecule is COc1cc(/C=N\NC(=O)Cc2cccc(C(F)(F)F)c2)cc(Br)c1OS(=O)(=O)c1ccc([N+](=O)[O-])cc1. The van der Waals surface area contributed by atoms with Gasteiger partial charge >= 0.3 is 16.3 Å². The number of halogens is 4. The third-order valence-electron chi connectivity index (χ3n) is 4.80. The zero-order chi connectivity index (χ0) is 28.1. The van der Waals surface area contributed by atoms with Crippen molar-refractivity contribution in [2.24, 2.45) is 5.10 Å². The zero-order valence-electron chi connectivity index (χ0n) is 19.2. The van der Waals surface area contributed by atoms with E-state index in [-0.39, 0.29) is 38.5 Å². The van der Waals surface area contributed by atoms with Crippen LogP contribution in [0, 0.1) is 10.1 Å². The molecule has 3 aromatic carbocycles. The van der Waals surface area contributed by atoms with Crippen LogP contribution in [0.4, 0.5) is 18.9 Å². The molecule has 0 saturated heterocycles. The van der Waals surface area contributed by atoms with E-state index in [9.17, 15) is 36.5 Å². The van der Waals surface area contributed by atoms with Crippen molar-refractivity contribution in [2.75, 3.05) is 7.11 Å². The predicted molar refractivity (Wildman–Crippen MR) is 132 cm³/mol. The monoisotopic (exact) mass is 615 g/mol. The molecule has 0 aliphatic heterocycles. The number of benzene rings is 3. The number of hydrazone groups is 1. The number of nitrogens with zero attached hydrogens (tertiary/aromatic N) is 2. The molecule has 0 aliphatic rings. The number of nitro groups is 1. The van der Waals surface area contributed by atoms with Crippen LogP contribution in [0.1, 0.15) is 16.7 Å². The van der Waals surface area contributed by atoms with Crippen molar-refractivity contribution in [3.8, 4) is 11.5 Å². The molecule has 3 aromatic rings. The van der Waals surface area contributed by atoms with Gasteiger partial charge in [-0.25, -0.2) is 5.43 Å². The highest BCUT2D eigenvalue weighted by Crippen LogP contribution is 2.38. The summed E-state index contributed by atoms with van der Waals surface area (Å²) >= 11 is 3.18. The molecular formula is C23H17BrF3N3O7S. The molecule has 0 fully saturated rings. The number of carbonyl (C=O) groups excluding carboxylic acids is 1. The van der Waals surface area contributed by atoms with Crippen LogP contribution in [0.5, 0.6) is 11.5 Å². The quantitative estimate of drug-likeness (QED) is 0.157. The molecule has 0 saturated carbocycles. The number of hydrogen-bond donors (Lipinski definition) is 1. The van der Waals surface area contributed by atoms with Gasteiger partial charge in [0.25, 0.3) is 5.69 Å². The van der Waals surface area contributed by atoms with Crippen molar-refractivity contribution in [2.45, 2.75) is 17.5 Å². The molecule has 15 heteroatoms. The number of nitrogens with one attached hydrogen (secondary N) is 1. The Morgan fingerprint density at radius 3 is 2.45 bits per heavy atom. The minimum atomic E-state index is -4.53. The molecule has 0 spiro atoms. The molecule has 1 N–H and O–H groups in total. The Morgan fingerprint density at radius 2 is 1.84 bits per heavy atom. The highest BCUT2D eigenvalue weighted by Gasteiger charge is 2.30. The largest absolute Gasteiger partial charge is 0.493 e. The van der Waals surface area contributed by atoms with E-state index >= 15 is 0 Å². The van der Waals surface area contributed by atoms with Crippen molar-refractivity contribution in [1.82, 2.24) is 5.43 Å². The Morgan fingerprint density at radius 1 is 1.16 bits per heavy atom. The Hall–Kier alpha value is -3.98. The first-order valence-electron chi connectivity index (χ1n) is 10.3. The summed E-state index contributed by atoms with van der Waals surface area (Å²) in [6.07, 6.45) is -3.68. The summed E-state index contributed by atoms with van der Waals surface area (Å²) in [5, 5.41) is 14.5. The first kappa shape index (κ1) is 28.6. The second-order valence-corrected chi connectivity index (χ2v) is 9.89. The summed E-state index contributed by atoms with van der Waals surface area (Å²) in [5.41, 5.74) is 1.51. The average Bonchev–Trinajstić information content (AvgIpc) is 2.85. The van der Waals surface area contributed by atoms with Gasteiger partial charge in [0, 0.05) is 12.1 Å². The van der Waals surface area contributed by atoms with Gasteiger partial charge in [-0.1, -0.05) is 18.2 Å². The van der Waals surface area contributed by atoms with Crippen LogP contribution in [-0.2, 0) is 27.5 Å². The first-order chi connectivity index (χ1) is 17.8. The standard InChI is InChI=1S/C23H17BrF3N3O7S/c1-36-20-11-15(13-28-29-21(31)12-14-3-2-4-16(9-14)23(25,26)27)10-19(24)22(20)37-38(34,35)18-7-5-17(6-8-18)30(32)33/h2-11,13H,12H2,1H3,(H,29,31)/b28-13-. The van der Waals surface area contributed by atoms with E-state index in [2.05, 4.69) is 26.5 Å². The Labute approximate surface area is 222 Å². The van der Waals surface area contributed by atoms with E-state index in [0.717, 1.165) is 36.4 Å². The maximum absolute atomic E-state index is 12.8. The molecular weight excluding hydrogens is 599 g/mol. The van der Waals surface area contributed by atoms with E-state index in [1.807, 2.05) is 0 Å². The smallest absolute Gasteiger partial charge is 0.416 e. The van der Waals surface area contributed by atoms with Crippen LogP contribution in [0.2, 0.25) is 0 Å². The molecule has 0 radical (unpaired) electrons. The maximum atomic E-state index is 12.8. The normalized spacial score (nSPS) is 11.8. The van der Waals surface area contributed by atoms with Gasteiger partial charge in [-0.15, -0.1) is 0 Å². The minimum absolute atomic E-state index is 0.0263. The Kier molecular flexibility index (Phi) is 8.73. The van der Waals surface area contributed by atoms with Crippen molar-refractivity contribution in [3.05, 3.63) is 91.9 Å². The molecule has 0 bridgehead atoms. The van der Waals surface area contributed by atoms with Crippen molar-refractivity contribution in [1.29, 1.82) is 0 Å². The lowest BCUT2D eigenvalue weighted by molar-refractivity contribution is -0.384. The number of nitro benzene ring substituents is 1. The van der Waals surface area contributed by atoms with Gasteiger partial charge in [0.2, 0.25) is 5.91 Å². The molecule has 0 unspecified atom stereocenters. The number of ether oxygens (including phenoxy) is 1. The van der Waals surface area contributed by atoms with Gasteiger partial charge in [-0.2, -0.15) is 26.7 Å². The molecule has 1 amide bonds. The summed E-state index contributed by atoms with van der Waals surface area (Å²) in [6, 6.07) is 11.2. The van der Waals surface area contributed by atoms with Crippen LogP contribution < -0.4 is 14.3 Å². The Bertz CT molecular complexity index is 1500. The summed E-state index contributed by atoms with van der Waals surface area (Å²) in [6.45, 7) is 0. The predicted octanol–water partition coefficient (Wildman–Crippen LogP) is 4.85. The fourth-order valence-corrected chi connectivity index (χ4v) is 4.65. The number of non-ortho nitro benzene ring substituents is 1. The highest BCUT2D eigenvalue weighted by molar-refractivity contribution is 9.10. The third kappa shape index (κ3) is 7.29. The van der Waals surface area contributed by atoms with Gasteiger partial charge in [-0.3, -0.25) is 14.9 Å². The van der Waals surface area contributed by atoms with Crippen LogP contribution in [0.25, 0.3) is 0 Å². The number of rotatable bonds is 9. The summed E-state index contributed by atoms with van der Waals surface area (Å²) < 4.78 is 74.3. The number of carbonyl (C=O) groups is 1. The number of hydrogen-bond acceptors (Lipinski definition) is 8. The topological polar surface area (TPSA) is 137 Å². The summed E-state index contributed by atoms with van der Waals surface area (Å²) in [4.78, 5) is 21.9. The summed E-state index contributed by atoms with van der Waals surface area (Å²) in [5.74, 6) is -0.904. The lowest BCUT2D eigenvalue weighted by Gasteiger charge is -2.13. The van der Waals surface area contributed by atoms with Gasteiger partial charge in [0.15, 0.2) is 11.5 Å². The van der Waals surface area contributed by atoms with E-state index in [1.54, 1.807) is 0 Å². The van der Waals surface area contributed by atoms with Crippen molar-refractivity contribution < 1.29 is 40.2 Å². The molecule has 10 nitrogen and oxygen atoms in total. The fraction of sp³-hybridized carbons (Fsp3) is 0.130. The first-order valence-corrected chi connectivity index (χ1v) is 12.5. The number of alkyl halides is 3. The lowest BCUT2D eigenvalue weighted by Crippen LogP contribution is -2.20. The van der Waals surface area contributed by atoms with Gasteiger partial charge in [-0.05, 0) is 57.4 Å². The molecule has 38 heavy (non-hydrogen) atoms. The van der Waals surface area contributed by atoms with Gasteiger partial charge < -0.3 is 8.92 Å². The fourth-order valence-electron chi connectivity index (χ4n) is 3.05. The van der Waals surface area contributed by atoms with Gasteiger partial charge in [0.05, 0.1) is 34.7 Å². The number of amides is 1. The van der Waals surface area contributed by atoms with E-state index in [0.29, 0.717) is 5.56 Å². The highest BCUT2D eigenvalue weighted by atomic mass is 79.9. The molecule has 0 heterocycles. The van der Waals surface area contributed by atoms with Crippen LogP contribution >= 0.6 is 15.9 Å². The molecule has 0 aromatic heterocycles. The minimum Gasteiger partial charge on any atom is -0.493 e. The van der Waals surface area contributed by atoms with Gasteiger partial charge in [0.1, 0.15) is 4.90 Å². The van der Waals surface area contributed by atoms with Crippen LogP contribution in [0.3, 0.4) is 0 Å². The second kappa shape index (κ2) is 11.6. The third-order valence-corrected chi connectivity index (χ3v) is 6.63. The lowest BCUT2D eigenvalue weighted by atomic mass is 10.1. The molecule has 200 valence electrons.